The first-order valence-electron chi connectivity index (χ1n) is 8.87. The zero-order chi connectivity index (χ0) is 21.6. The molecule has 0 aliphatic heterocycles. The lowest BCUT2D eigenvalue weighted by molar-refractivity contribution is -0.129. The van der Waals surface area contributed by atoms with Gasteiger partial charge < -0.3 is 10.1 Å². The molecule has 2 rings (SSSR count). The fourth-order valence-electron chi connectivity index (χ4n) is 2.40. The number of hydrogen-bond donors (Lipinski definition) is 1. The van der Waals surface area contributed by atoms with Gasteiger partial charge in [-0.05, 0) is 49.2 Å². The van der Waals surface area contributed by atoms with E-state index in [1.165, 1.54) is 57.4 Å². The van der Waals surface area contributed by atoms with E-state index in [-0.39, 0.29) is 16.3 Å². The van der Waals surface area contributed by atoms with Gasteiger partial charge >= 0.3 is 5.97 Å². The summed E-state index contributed by atoms with van der Waals surface area (Å²) in [6.07, 6.45) is -0.568. The molecule has 0 bridgehead atoms. The molecule has 1 N–H and O–H groups in total. The fraction of sp³-hybridized carbons (Fsp3) is 0.300. The topological polar surface area (TPSA) is 92.8 Å². The maximum absolute atomic E-state index is 12.9. The molecule has 156 valence electrons. The van der Waals surface area contributed by atoms with Gasteiger partial charge in [0.1, 0.15) is 5.82 Å². The molecular weight excluding hydrogens is 399 g/mol. The van der Waals surface area contributed by atoms with Gasteiger partial charge in [-0.1, -0.05) is 18.2 Å². The number of rotatable bonds is 8. The van der Waals surface area contributed by atoms with Crippen LogP contribution >= 0.6 is 0 Å². The monoisotopic (exact) mass is 422 g/mol. The van der Waals surface area contributed by atoms with Gasteiger partial charge in [0.05, 0.1) is 10.5 Å². The van der Waals surface area contributed by atoms with Crippen molar-refractivity contribution < 1.29 is 27.1 Å². The number of carbonyl (C=O) groups excluding carboxylic acids is 2. The predicted molar refractivity (Wildman–Crippen MR) is 105 cm³/mol. The molecule has 0 aromatic heterocycles. The van der Waals surface area contributed by atoms with Crippen LogP contribution in [0.15, 0.2) is 53.4 Å². The van der Waals surface area contributed by atoms with Crippen molar-refractivity contribution in [3.63, 3.8) is 0 Å². The molecule has 0 heterocycles. The summed E-state index contributed by atoms with van der Waals surface area (Å²) in [5.41, 5.74) is 0.883. The SMILES string of the molecule is C[C@H](OC(=O)c1cccc(S(=O)(=O)N(C)C)c1)C(=O)NCCc1ccc(F)cc1. The molecule has 2 aromatic rings. The molecule has 0 saturated heterocycles. The standard InChI is InChI=1S/C20H23FN2O5S/c1-14(19(24)22-12-11-15-7-9-17(21)10-8-15)28-20(25)16-5-4-6-18(13-16)29(26,27)23(2)3/h4-10,13-14H,11-12H2,1-3H3,(H,22,24)/t14-/m0/s1. The lowest BCUT2D eigenvalue weighted by Gasteiger charge is -2.15. The summed E-state index contributed by atoms with van der Waals surface area (Å²) in [5.74, 6) is -1.62. The molecule has 0 radical (unpaired) electrons. The maximum atomic E-state index is 12.9. The summed E-state index contributed by atoms with van der Waals surface area (Å²) in [5, 5.41) is 2.64. The van der Waals surface area contributed by atoms with E-state index in [0.717, 1.165) is 9.87 Å². The van der Waals surface area contributed by atoms with E-state index in [4.69, 9.17) is 4.74 Å². The van der Waals surface area contributed by atoms with Gasteiger partial charge in [0, 0.05) is 20.6 Å². The molecule has 1 atom stereocenters. The Balaban J connectivity index is 1.92. The number of hydrogen-bond acceptors (Lipinski definition) is 5. The third-order valence-corrected chi connectivity index (χ3v) is 5.94. The first kappa shape index (κ1) is 22.5. The molecule has 1 amide bonds. The molecule has 0 fully saturated rings. The molecule has 0 spiro atoms. The zero-order valence-corrected chi connectivity index (χ0v) is 17.2. The maximum Gasteiger partial charge on any atom is 0.338 e. The minimum absolute atomic E-state index is 0.0267. The summed E-state index contributed by atoms with van der Waals surface area (Å²) < 4.78 is 43.4. The normalized spacial score (nSPS) is 12.4. The van der Waals surface area contributed by atoms with Crippen molar-refractivity contribution in [2.24, 2.45) is 0 Å². The van der Waals surface area contributed by atoms with E-state index < -0.39 is 28.0 Å². The van der Waals surface area contributed by atoms with Crippen LogP contribution in [0.3, 0.4) is 0 Å². The Kier molecular flexibility index (Phi) is 7.46. The van der Waals surface area contributed by atoms with E-state index in [1.807, 2.05) is 0 Å². The van der Waals surface area contributed by atoms with E-state index >= 15 is 0 Å². The van der Waals surface area contributed by atoms with Crippen LogP contribution in [0, 0.1) is 5.82 Å². The number of sulfonamides is 1. The van der Waals surface area contributed by atoms with Crippen LogP contribution < -0.4 is 5.32 Å². The van der Waals surface area contributed by atoms with Gasteiger partial charge in [0.25, 0.3) is 5.91 Å². The van der Waals surface area contributed by atoms with Crippen LogP contribution in [-0.4, -0.2) is 51.3 Å². The molecule has 0 aliphatic rings. The van der Waals surface area contributed by atoms with Crippen molar-refractivity contribution >= 4 is 21.9 Å². The Hall–Kier alpha value is -2.78. The number of nitrogens with one attached hydrogen (secondary N) is 1. The van der Waals surface area contributed by atoms with Crippen LogP contribution in [0.5, 0.6) is 0 Å². The highest BCUT2D eigenvalue weighted by Gasteiger charge is 2.22. The van der Waals surface area contributed by atoms with Crippen LogP contribution in [0.1, 0.15) is 22.8 Å². The van der Waals surface area contributed by atoms with Crippen LogP contribution in [0.4, 0.5) is 4.39 Å². The summed E-state index contributed by atoms with van der Waals surface area (Å²) in [6.45, 7) is 1.72. The second-order valence-electron chi connectivity index (χ2n) is 6.53. The summed E-state index contributed by atoms with van der Waals surface area (Å²) >= 11 is 0. The van der Waals surface area contributed by atoms with Gasteiger partial charge in [-0.3, -0.25) is 4.79 Å². The van der Waals surface area contributed by atoms with E-state index in [2.05, 4.69) is 5.32 Å². The highest BCUT2D eigenvalue weighted by molar-refractivity contribution is 7.89. The van der Waals surface area contributed by atoms with Crippen molar-refractivity contribution in [1.29, 1.82) is 0 Å². The predicted octanol–water partition coefficient (Wildman–Crippen LogP) is 1.98. The third-order valence-electron chi connectivity index (χ3n) is 4.13. The molecule has 29 heavy (non-hydrogen) atoms. The summed E-state index contributed by atoms with van der Waals surface area (Å²) in [4.78, 5) is 24.4. The number of halogens is 1. The second kappa shape index (κ2) is 9.62. The Bertz CT molecular complexity index is 975. The average molecular weight is 422 g/mol. The van der Waals surface area contributed by atoms with Gasteiger partial charge in [-0.25, -0.2) is 21.9 Å². The number of nitrogens with zero attached hydrogens (tertiary/aromatic N) is 1. The average Bonchev–Trinajstić information content (AvgIpc) is 2.69. The Morgan fingerprint density at radius 2 is 1.79 bits per heavy atom. The van der Waals surface area contributed by atoms with Crippen LogP contribution in [0.2, 0.25) is 0 Å². The Morgan fingerprint density at radius 3 is 2.41 bits per heavy atom. The summed E-state index contributed by atoms with van der Waals surface area (Å²) in [7, 11) is -0.921. The van der Waals surface area contributed by atoms with Gasteiger partial charge in [-0.15, -0.1) is 0 Å². The van der Waals surface area contributed by atoms with E-state index in [1.54, 1.807) is 12.1 Å². The number of carbonyl (C=O) groups is 2. The Labute approximate surface area is 169 Å². The smallest absolute Gasteiger partial charge is 0.338 e. The van der Waals surface area contributed by atoms with Crippen molar-refractivity contribution in [3.05, 3.63) is 65.5 Å². The minimum atomic E-state index is -3.70. The lowest BCUT2D eigenvalue weighted by Crippen LogP contribution is -2.37. The fourth-order valence-corrected chi connectivity index (χ4v) is 3.35. The molecule has 9 heteroatoms. The number of benzene rings is 2. The van der Waals surface area contributed by atoms with Crippen molar-refractivity contribution in [1.82, 2.24) is 9.62 Å². The Morgan fingerprint density at radius 1 is 1.14 bits per heavy atom. The summed E-state index contributed by atoms with van der Waals surface area (Å²) in [6, 6.07) is 11.4. The number of ether oxygens (including phenoxy) is 1. The van der Waals surface area contributed by atoms with Crippen molar-refractivity contribution in [3.8, 4) is 0 Å². The van der Waals surface area contributed by atoms with Gasteiger partial charge in [0.15, 0.2) is 6.10 Å². The third kappa shape index (κ3) is 6.10. The van der Waals surface area contributed by atoms with Crippen molar-refractivity contribution in [2.75, 3.05) is 20.6 Å². The van der Waals surface area contributed by atoms with E-state index in [9.17, 15) is 22.4 Å². The highest BCUT2D eigenvalue weighted by Crippen LogP contribution is 2.16. The molecule has 0 saturated carbocycles. The molecule has 0 unspecified atom stereocenters. The highest BCUT2D eigenvalue weighted by atomic mass is 32.2. The number of esters is 1. The largest absolute Gasteiger partial charge is 0.449 e. The van der Waals surface area contributed by atoms with Crippen LogP contribution in [-0.2, 0) is 26.0 Å². The quantitative estimate of drug-likeness (QED) is 0.657. The van der Waals surface area contributed by atoms with Gasteiger partial charge in [0.2, 0.25) is 10.0 Å². The van der Waals surface area contributed by atoms with Gasteiger partial charge in [-0.2, -0.15) is 0 Å². The van der Waals surface area contributed by atoms with Crippen molar-refractivity contribution in [2.45, 2.75) is 24.3 Å². The van der Waals surface area contributed by atoms with Crippen LogP contribution in [0.25, 0.3) is 0 Å². The first-order valence-corrected chi connectivity index (χ1v) is 10.3. The first-order chi connectivity index (χ1) is 13.6. The molecule has 2 aromatic carbocycles. The van der Waals surface area contributed by atoms with E-state index in [0.29, 0.717) is 13.0 Å². The zero-order valence-electron chi connectivity index (χ0n) is 16.4. The minimum Gasteiger partial charge on any atom is -0.449 e. The second-order valence-corrected chi connectivity index (χ2v) is 8.68. The molecule has 7 nitrogen and oxygen atoms in total. The molecular formula is C20H23FN2O5S. The lowest BCUT2D eigenvalue weighted by atomic mass is 10.1. The number of amides is 1. The molecule has 0 aliphatic carbocycles.